The maximum absolute atomic E-state index is 12.4. The Labute approximate surface area is 162 Å². The van der Waals surface area contributed by atoms with E-state index in [0.717, 1.165) is 0 Å². The average molecular weight is 391 g/mol. The molecule has 1 heterocycles. The number of thioether (sulfide) groups is 1. The number of ether oxygens (including phenoxy) is 2. The van der Waals surface area contributed by atoms with Crippen molar-refractivity contribution in [2.75, 3.05) is 24.3 Å². The molecule has 27 heavy (non-hydrogen) atoms. The second-order valence-electron chi connectivity index (χ2n) is 5.65. The summed E-state index contributed by atoms with van der Waals surface area (Å²) in [5.41, 5.74) is 1.74. The Balaban J connectivity index is 2.07. The normalized spacial score (nSPS) is 10.5. The number of aryl methyl sites for hydroxylation is 1. The molecular formula is C19H25N3O4S. The summed E-state index contributed by atoms with van der Waals surface area (Å²) < 4.78 is 11.0. The molecule has 0 saturated carbocycles. The van der Waals surface area contributed by atoms with Gasteiger partial charge in [0.05, 0.1) is 24.7 Å². The van der Waals surface area contributed by atoms with Gasteiger partial charge in [-0.15, -0.1) is 0 Å². The number of nitrogens with zero attached hydrogens (tertiary/aromatic N) is 1. The standard InChI is InChI=1S/C19H25N3O4S/c1-5-14-12(4)20-19(22-18(14)24)27-11-17(23)21-15-10-13(25-6-2)8-9-16(15)26-7-3/h8-10H,5-7,11H2,1-4H3,(H,21,23)(H,20,22,24). The summed E-state index contributed by atoms with van der Waals surface area (Å²) in [6, 6.07) is 5.30. The maximum Gasteiger partial charge on any atom is 0.254 e. The van der Waals surface area contributed by atoms with Crippen molar-refractivity contribution < 1.29 is 14.3 Å². The van der Waals surface area contributed by atoms with Gasteiger partial charge in [0.1, 0.15) is 11.5 Å². The van der Waals surface area contributed by atoms with E-state index in [1.165, 1.54) is 11.8 Å². The van der Waals surface area contributed by atoms with Gasteiger partial charge in [-0.1, -0.05) is 18.7 Å². The third kappa shape index (κ3) is 5.75. The fourth-order valence-electron chi connectivity index (χ4n) is 2.53. The monoisotopic (exact) mass is 391 g/mol. The van der Waals surface area contributed by atoms with Crippen molar-refractivity contribution in [2.24, 2.45) is 0 Å². The highest BCUT2D eigenvalue weighted by Gasteiger charge is 2.12. The lowest BCUT2D eigenvalue weighted by Crippen LogP contribution is -2.18. The van der Waals surface area contributed by atoms with Crippen molar-refractivity contribution in [3.05, 3.63) is 39.8 Å². The van der Waals surface area contributed by atoms with Crippen LogP contribution in [0, 0.1) is 6.92 Å². The van der Waals surface area contributed by atoms with Gasteiger partial charge in [-0.05, 0) is 39.3 Å². The Morgan fingerprint density at radius 3 is 2.59 bits per heavy atom. The fraction of sp³-hybridized carbons (Fsp3) is 0.421. The molecule has 0 unspecified atom stereocenters. The lowest BCUT2D eigenvalue weighted by molar-refractivity contribution is -0.113. The summed E-state index contributed by atoms with van der Waals surface area (Å²) in [6.45, 7) is 8.49. The minimum atomic E-state index is -0.227. The Bertz CT molecular complexity index is 851. The van der Waals surface area contributed by atoms with Gasteiger partial charge in [0, 0.05) is 17.3 Å². The predicted octanol–water partition coefficient (Wildman–Crippen LogP) is 3.17. The van der Waals surface area contributed by atoms with Crippen molar-refractivity contribution in [1.82, 2.24) is 9.97 Å². The molecule has 8 heteroatoms. The first-order chi connectivity index (χ1) is 13.0. The van der Waals surface area contributed by atoms with Gasteiger partial charge in [0.15, 0.2) is 5.16 Å². The number of nitrogens with one attached hydrogen (secondary N) is 2. The van der Waals surface area contributed by atoms with Crippen LogP contribution in [0.1, 0.15) is 32.0 Å². The molecule has 2 aromatic rings. The minimum Gasteiger partial charge on any atom is -0.494 e. The van der Waals surface area contributed by atoms with Gasteiger partial charge in [0.25, 0.3) is 5.56 Å². The molecule has 0 bridgehead atoms. The fourth-order valence-corrected chi connectivity index (χ4v) is 3.24. The van der Waals surface area contributed by atoms with Crippen molar-refractivity contribution in [3.8, 4) is 11.5 Å². The quantitative estimate of drug-likeness (QED) is 0.504. The highest BCUT2D eigenvalue weighted by Crippen LogP contribution is 2.29. The van der Waals surface area contributed by atoms with Crippen molar-refractivity contribution in [2.45, 2.75) is 39.3 Å². The second kappa shape index (κ2) is 10.0. The van der Waals surface area contributed by atoms with Gasteiger partial charge in [0.2, 0.25) is 5.91 Å². The summed E-state index contributed by atoms with van der Waals surface area (Å²) in [5.74, 6) is 1.11. The molecule has 0 fully saturated rings. The van der Waals surface area contributed by atoms with E-state index in [-0.39, 0.29) is 17.2 Å². The Kier molecular flexibility index (Phi) is 7.72. The van der Waals surface area contributed by atoms with Crippen LogP contribution in [0.25, 0.3) is 0 Å². The molecule has 0 aliphatic carbocycles. The van der Waals surface area contributed by atoms with E-state index < -0.39 is 0 Å². The lowest BCUT2D eigenvalue weighted by Gasteiger charge is -2.13. The molecule has 0 radical (unpaired) electrons. The van der Waals surface area contributed by atoms with E-state index in [9.17, 15) is 9.59 Å². The van der Waals surface area contributed by atoms with Crippen molar-refractivity contribution >= 4 is 23.4 Å². The van der Waals surface area contributed by atoms with Gasteiger partial charge >= 0.3 is 0 Å². The number of benzene rings is 1. The summed E-state index contributed by atoms with van der Waals surface area (Å²) >= 11 is 1.18. The number of H-pyrrole nitrogens is 1. The number of carbonyl (C=O) groups is 1. The van der Waals surface area contributed by atoms with Crippen LogP contribution in [0.5, 0.6) is 11.5 Å². The average Bonchev–Trinajstić information content (AvgIpc) is 2.62. The van der Waals surface area contributed by atoms with E-state index in [1.54, 1.807) is 25.1 Å². The third-order valence-electron chi connectivity index (χ3n) is 3.73. The topological polar surface area (TPSA) is 93.3 Å². The van der Waals surface area contributed by atoms with Crippen LogP contribution in [0.2, 0.25) is 0 Å². The smallest absolute Gasteiger partial charge is 0.254 e. The number of amides is 1. The zero-order valence-corrected chi connectivity index (χ0v) is 16.9. The first-order valence-electron chi connectivity index (χ1n) is 8.90. The zero-order chi connectivity index (χ0) is 19.8. The van der Waals surface area contributed by atoms with Crippen LogP contribution < -0.4 is 20.3 Å². The summed E-state index contributed by atoms with van der Waals surface area (Å²) in [7, 11) is 0. The van der Waals surface area contributed by atoms with E-state index in [0.29, 0.717) is 53.2 Å². The molecule has 2 N–H and O–H groups in total. The number of carbonyl (C=O) groups excluding carboxylic acids is 1. The minimum absolute atomic E-state index is 0.109. The van der Waals surface area contributed by atoms with E-state index in [1.807, 2.05) is 20.8 Å². The Morgan fingerprint density at radius 2 is 1.96 bits per heavy atom. The van der Waals surface area contributed by atoms with Gasteiger partial charge in [-0.3, -0.25) is 9.59 Å². The molecule has 146 valence electrons. The van der Waals surface area contributed by atoms with Crippen LogP contribution in [0.4, 0.5) is 5.69 Å². The summed E-state index contributed by atoms with van der Waals surface area (Å²) in [4.78, 5) is 31.4. The molecule has 7 nitrogen and oxygen atoms in total. The zero-order valence-electron chi connectivity index (χ0n) is 16.0. The number of hydrogen-bond acceptors (Lipinski definition) is 6. The molecule has 1 aromatic heterocycles. The lowest BCUT2D eigenvalue weighted by atomic mass is 10.2. The first kappa shape index (κ1) is 20.8. The molecule has 0 aliphatic heterocycles. The first-order valence-corrected chi connectivity index (χ1v) is 9.89. The van der Waals surface area contributed by atoms with Gasteiger partial charge in [-0.25, -0.2) is 4.98 Å². The number of rotatable bonds is 9. The molecule has 1 amide bonds. The number of aromatic amines is 1. The second-order valence-corrected chi connectivity index (χ2v) is 6.61. The van der Waals surface area contributed by atoms with Crippen LogP contribution in [0.3, 0.4) is 0 Å². The van der Waals surface area contributed by atoms with E-state index >= 15 is 0 Å². The highest BCUT2D eigenvalue weighted by atomic mass is 32.2. The summed E-state index contributed by atoms with van der Waals surface area (Å²) in [6.07, 6.45) is 0.621. The van der Waals surface area contributed by atoms with Crippen LogP contribution in [0.15, 0.2) is 28.2 Å². The van der Waals surface area contributed by atoms with Crippen molar-refractivity contribution in [1.29, 1.82) is 0 Å². The highest BCUT2D eigenvalue weighted by molar-refractivity contribution is 7.99. The Morgan fingerprint density at radius 1 is 1.22 bits per heavy atom. The molecule has 0 saturated heterocycles. The van der Waals surface area contributed by atoms with Crippen molar-refractivity contribution in [3.63, 3.8) is 0 Å². The molecule has 2 rings (SSSR count). The van der Waals surface area contributed by atoms with Gasteiger partial charge < -0.3 is 19.8 Å². The summed E-state index contributed by atoms with van der Waals surface area (Å²) in [5, 5.41) is 3.26. The number of aromatic nitrogens is 2. The van der Waals surface area contributed by atoms with E-state index in [2.05, 4.69) is 15.3 Å². The predicted molar refractivity (Wildman–Crippen MR) is 107 cm³/mol. The maximum atomic E-state index is 12.4. The van der Waals surface area contributed by atoms with Gasteiger partial charge in [-0.2, -0.15) is 0 Å². The Hall–Kier alpha value is -2.48. The largest absolute Gasteiger partial charge is 0.494 e. The van der Waals surface area contributed by atoms with Crippen LogP contribution >= 0.6 is 11.8 Å². The molecule has 0 atom stereocenters. The molecule has 1 aromatic carbocycles. The van der Waals surface area contributed by atoms with Crippen LogP contribution in [-0.2, 0) is 11.2 Å². The molecular weight excluding hydrogens is 366 g/mol. The number of hydrogen-bond donors (Lipinski definition) is 2. The third-order valence-corrected chi connectivity index (χ3v) is 4.60. The molecule has 0 spiro atoms. The SMILES string of the molecule is CCOc1ccc(OCC)c(NC(=O)CSc2nc(C)c(CC)c(=O)[nH]2)c1. The van der Waals surface area contributed by atoms with Crippen LogP contribution in [-0.4, -0.2) is 34.8 Å². The molecule has 0 aliphatic rings. The van der Waals surface area contributed by atoms with E-state index in [4.69, 9.17) is 9.47 Å². The number of anilines is 1.